The zero-order chi connectivity index (χ0) is 16.5. The fraction of sp³-hybridized carbons (Fsp3) is 0.529. The van der Waals surface area contributed by atoms with Crippen LogP contribution in [-0.4, -0.2) is 43.4 Å². The fourth-order valence-corrected chi connectivity index (χ4v) is 2.20. The van der Waals surface area contributed by atoms with Crippen LogP contribution in [0, 0.1) is 13.8 Å². The molecule has 0 saturated carbocycles. The highest BCUT2D eigenvalue weighted by molar-refractivity contribution is 5.94. The Morgan fingerprint density at radius 3 is 2.27 bits per heavy atom. The van der Waals surface area contributed by atoms with Crippen LogP contribution in [0.2, 0.25) is 0 Å². The molecule has 2 amide bonds. The van der Waals surface area contributed by atoms with E-state index in [0.717, 1.165) is 29.7 Å². The largest absolute Gasteiger partial charge is 0.355 e. The molecule has 1 aromatic rings. The summed E-state index contributed by atoms with van der Waals surface area (Å²) in [6, 6.07) is 5.90. The van der Waals surface area contributed by atoms with Crippen LogP contribution in [0.5, 0.6) is 0 Å². The van der Waals surface area contributed by atoms with Crippen LogP contribution in [-0.2, 0) is 9.59 Å². The van der Waals surface area contributed by atoms with Crippen LogP contribution < -0.4 is 10.6 Å². The summed E-state index contributed by atoms with van der Waals surface area (Å²) < 4.78 is 0. The lowest BCUT2D eigenvalue weighted by Crippen LogP contribution is -2.39. The third kappa shape index (κ3) is 6.26. The molecule has 0 aliphatic carbocycles. The Balaban J connectivity index is 2.43. The van der Waals surface area contributed by atoms with Gasteiger partial charge in [0.2, 0.25) is 11.8 Å². The maximum atomic E-state index is 12.1. The van der Waals surface area contributed by atoms with Crippen molar-refractivity contribution in [3.8, 4) is 0 Å². The number of para-hydroxylation sites is 1. The number of aryl methyl sites for hydroxylation is 2. The molecule has 0 atom stereocenters. The summed E-state index contributed by atoms with van der Waals surface area (Å²) in [7, 11) is 1.77. The predicted octanol–water partition coefficient (Wildman–Crippen LogP) is 2.09. The molecule has 5 nitrogen and oxygen atoms in total. The maximum Gasteiger partial charge on any atom is 0.238 e. The summed E-state index contributed by atoms with van der Waals surface area (Å²) in [5.41, 5.74) is 2.93. The van der Waals surface area contributed by atoms with E-state index in [0.29, 0.717) is 6.54 Å². The standard InChI is InChI=1S/C17H27N3O2/c1-5-6-10-18-15(21)11-20(4)12-16(22)19-17-13(2)8-7-9-14(17)3/h7-9H,5-6,10-12H2,1-4H3,(H,18,21)(H,19,22). The van der Waals surface area contributed by atoms with Gasteiger partial charge in [0.1, 0.15) is 0 Å². The molecule has 1 aromatic carbocycles. The van der Waals surface area contributed by atoms with Crippen molar-refractivity contribution >= 4 is 17.5 Å². The van der Waals surface area contributed by atoms with Crippen molar-refractivity contribution in [3.63, 3.8) is 0 Å². The van der Waals surface area contributed by atoms with Crippen molar-refractivity contribution in [1.82, 2.24) is 10.2 Å². The van der Waals surface area contributed by atoms with E-state index in [9.17, 15) is 9.59 Å². The first-order valence-corrected chi connectivity index (χ1v) is 7.75. The van der Waals surface area contributed by atoms with Gasteiger partial charge >= 0.3 is 0 Å². The zero-order valence-corrected chi connectivity index (χ0v) is 14.0. The lowest BCUT2D eigenvalue weighted by Gasteiger charge is -2.17. The van der Waals surface area contributed by atoms with Gasteiger partial charge in [-0.25, -0.2) is 0 Å². The van der Waals surface area contributed by atoms with Crippen molar-refractivity contribution in [3.05, 3.63) is 29.3 Å². The third-order valence-corrected chi connectivity index (χ3v) is 3.43. The van der Waals surface area contributed by atoms with E-state index in [-0.39, 0.29) is 24.9 Å². The van der Waals surface area contributed by atoms with Crippen LogP contribution in [0.15, 0.2) is 18.2 Å². The van der Waals surface area contributed by atoms with Crippen molar-refractivity contribution in [2.75, 3.05) is 32.0 Å². The van der Waals surface area contributed by atoms with E-state index in [4.69, 9.17) is 0 Å². The molecular formula is C17H27N3O2. The van der Waals surface area contributed by atoms with E-state index < -0.39 is 0 Å². The minimum absolute atomic E-state index is 0.0455. The normalized spacial score (nSPS) is 10.6. The molecule has 5 heteroatoms. The van der Waals surface area contributed by atoms with Crippen molar-refractivity contribution < 1.29 is 9.59 Å². The lowest BCUT2D eigenvalue weighted by molar-refractivity contribution is -0.122. The van der Waals surface area contributed by atoms with Gasteiger partial charge in [-0.2, -0.15) is 0 Å². The average Bonchev–Trinajstić information content (AvgIpc) is 2.43. The number of hydrogen-bond donors (Lipinski definition) is 2. The number of benzene rings is 1. The molecule has 0 heterocycles. The van der Waals surface area contributed by atoms with Gasteiger partial charge in [0.25, 0.3) is 0 Å². The molecule has 1 rings (SSSR count). The van der Waals surface area contributed by atoms with Gasteiger partial charge in [0.15, 0.2) is 0 Å². The molecule has 22 heavy (non-hydrogen) atoms. The number of carbonyl (C=O) groups excluding carboxylic acids is 2. The van der Waals surface area contributed by atoms with Crippen LogP contribution >= 0.6 is 0 Å². The Labute approximate surface area is 133 Å². The maximum absolute atomic E-state index is 12.1. The molecule has 0 aromatic heterocycles. The van der Waals surface area contributed by atoms with Crippen LogP contribution in [0.3, 0.4) is 0 Å². The molecule has 2 N–H and O–H groups in total. The molecule has 0 spiro atoms. The first-order chi connectivity index (χ1) is 10.4. The average molecular weight is 305 g/mol. The van der Waals surface area contributed by atoms with E-state index in [1.807, 2.05) is 32.0 Å². The van der Waals surface area contributed by atoms with Gasteiger partial charge in [-0.05, 0) is 38.4 Å². The quantitative estimate of drug-likeness (QED) is 0.723. The van der Waals surface area contributed by atoms with E-state index in [1.165, 1.54) is 0 Å². The molecule has 0 radical (unpaired) electrons. The van der Waals surface area contributed by atoms with E-state index >= 15 is 0 Å². The monoisotopic (exact) mass is 305 g/mol. The Bertz CT molecular complexity index is 494. The van der Waals surface area contributed by atoms with Gasteiger partial charge in [-0.3, -0.25) is 14.5 Å². The number of nitrogens with one attached hydrogen (secondary N) is 2. The zero-order valence-electron chi connectivity index (χ0n) is 14.0. The lowest BCUT2D eigenvalue weighted by atomic mass is 10.1. The topological polar surface area (TPSA) is 61.4 Å². The van der Waals surface area contributed by atoms with Crippen LogP contribution in [0.4, 0.5) is 5.69 Å². The molecule has 0 aliphatic heterocycles. The van der Waals surface area contributed by atoms with E-state index in [1.54, 1.807) is 11.9 Å². The molecule has 0 bridgehead atoms. The van der Waals surface area contributed by atoms with Crippen LogP contribution in [0.1, 0.15) is 30.9 Å². The number of unbranched alkanes of at least 4 members (excludes halogenated alkanes) is 1. The minimum atomic E-state index is -0.110. The summed E-state index contributed by atoms with van der Waals surface area (Å²) in [6.07, 6.45) is 2.02. The second-order valence-electron chi connectivity index (χ2n) is 5.69. The highest BCUT2D eigenvalue weighted by Gasteiger charge is 2.12. The van der Waals surface area contributed by atoms with Gasteiger partial charge in [-0.1, -0.05) is 31.5 Å². The number of amides is 2. The fourth-order valence-electron chi connectivity index (χ4n) is 2.20. The van der Waals surface area contributed by atoms with Crippen molar-refractivity contribution in [1.29, 1.82) is 0 Å². The number of rotatable bonds is 8. The number of likely N-dealkylation sites (N-methyl/N-ethyl adjacent to an activating group) is 1. The Hall–Kier alpha value is -1.88. The van der Waals surface area contributed by atoms with Gasteiger partial charge in [-0.15, -0.1) is 0 Å². The Kier molecular flexibility index (Phi) is 7.60. The molecule has 0 aliphatic rings. The smallest absolute Gasteiger partial charge is 0.238 e. The molecule has 0 fully saturated rings. The summed E-state index contributed by atoms with van der Waals surface area (Å²) in [5, 5.41) is 5.77. The molecular weight excluding hydrogens is 278 g/mol. The number of anilines is 1. The molecule has 0 unspecified atom stereocenters. The molecule has 0 saturated heterocycles. The first kappa shape index (κ1) is 18.2. The third-order valence-electron chi connectivity index (χ3n) is 3.43. The summed E-state index contributed by atoms with van der Waals surface area (Å²) >= 11 is 0. The van der Waals surface area contributed by atoms with E-state index in [2.05, 4.69) is 17.6 Å². The highest BCUT2D eigenvalue weighted by Crippen LogP contribution is 2.19. The van der Waals surface area contributed by atoms with Crippen LogP contribution in [0.25, 0.3) is 0 Å². The highest BCUT2D eigenvalue weighted by atomic mass is 16.2. The second-order valence-corrected chi connectivity index (χ2v) is 5.69. The van der Waals surface area contributed by atoms with Crippen molar-refractivity contribution in [2.24, 2.45) is 0 Å². The Morgan fingerprint density at radius 2 is 1.68 bits per heavy atom. The summed E-state index contributed by atoms with van der Waals surface area (Å²) in [4.78, 5) is 25.5. The number of hydrogen-bond acceptors (Lipinski definition) is 3. The minimum Gasteiger partial charge on any atom is -0.355 e. The van der Waals surface area contributed by atoms with Gasteiger partial charge in [0.05, 0.1) is 13.1 Å². The van der Waals surface area contributed by atoms with Gasteiger partial charge in [0, 0.05) is 12.2 Å². The predicted molar refractivity (Wildman–Crippen MR) is 90.0 cm³/mol. The van der Waals surface area contributed by atoms with Crippen molar-refractivity contribution in [2.45, 2.75) is 33.6 Å². The first-order valence-electron chi connectivity index (χ1n) is 7.75. The Morgan fingerprint density at radius 1 is 1.09 bits per heavy atom. The number of nitrogens with zero attached hydrogens (tertiary/aromatic N) is 1. The van der Waals surface area contributed by atoms with Gasteiger partial charge < -0.3 is 10.6 Å². The summed E-state index contributed by atoms with van der Waals surface area (Å²) in [5.74, 6) is -0.155. The SMILES string of the molecule is CCCCNC(=O)CN(C)CC(=O)Nc1c(C)cccc1C. The second kappa shape index (κ2) is 9.20. The number of carbonyl (C=O) groups is 2. The summed E-state index contributed by atoms with van der Waals surface area (Å²) in [6.45, 7) is 7.12. The molecule has 122 valence electrons.